The molecule has 1 rings (SSSR count). The van der Waals surface area contributed by atoms with E-state index in [1.807, 2.05) is 41.5 Å². The lowest BCUT2D eigenvalue weighted by atomic mass is 9.98. The van der Waals surface area contributed by atoms with Gasteiger partial charge in [0.25, 0.3) is 0 Å². The van der Waals surface area contributed by atoms with Crippen LogP contribution < -0.4 is 14.8 Å². The molecule has 0 heterocycles. The Labute approximate surface area is 243 Å². The van der Waals surface area contributed by atoms with Crippen LogP contribution in [0.4, 0.5) is 9.59 Å². The zero-order valence-electron chi connectivity index (χ0n) is 25.6. The van der Waals surface area contributed by atoms with Crippen LogP contribution >= 0.6 is 0 Å². The van der Waals surface area contributed by atoms with Crippen LogP contribution in [0.3, 0.4) is 0 Å². The summed E-state index contributed by atoms with van der Waals surface area (Å²) in [5.74, 6) is -1.57. The summed E-state index contributed by atoms with van der Waals surface area (Å²) in [6.07, 6.45) is -0.889. The molecule has 2 N–H and O–H groups in total. The van der Waals surface area contributed by atoms with Crippen molar-refractivity contribution in [1.82, 2.24) is 5.32 Å². The summed E-state index contributed by atoms with van der Waals surface area (Å²) in [5.41, 5.74) is 0.480. The van der Waals surface area contributed by atoms with Gasteiger partial charge in [-0.3, -0.25) is 9.59 Å². The van der Waals surface area contributed by atoms with Crippen molar-refractivity contribution >= 4 is 24.2 Å². The number of rotatable bonds is 17. The maximum absolute atomic E-state index is 12.4. The molecule has 0 aliphatic heterocycles. The molecule has 232 valence electrons. The first-order valence-corrected chi connectivity index (χ1v) is 14.3. The Morgan fingerprint density at radius 1 is 0.829 bits per heavy atom. The lowest BCUT2D eigenvalue weighted by Crippen LogP contribution is -2.43. The number of hydrogen-bond acceptors (Lipinski definition) is 10. The Hall–Kier alpha value is -3.34. The van der Waals surface area contributed by atoms with Gasteiger partial charge in [0, 0.05) is 6.54 Å². The fourth-order valence-corrected chi connectivity index (χ4v) is 3.15. The summed E-state index contributed by atoms with van der Waals surface area (Å²) in [5, 5.41) is 12.7. The van der Waals surface area contributed by atoms with Crippen LogP contribution in [0.5, 0.6) is 11.5 Å². The molecule has 0 aliphatic carbocycles. The molecular formula is C30H47NO10. The van der Waals surface area contributed by atoms with Crippen LogP contribution in [0.1, 0.15) is 73.8 Å². The fraction of sp³-hybridized carbons (Fsp3) is 0.667. The summed E-state index contributed by atoms with van der Waals surface area (Å²) in [4.78, 5) is 48.8. The minimum atomic E-state index is -1.12. The van der Waals surface area contributed by atoms with Gasteiger partial charge in [-0.05, 0) is 48.8 Å². The topological polar surface area (TPSA) is 147 Å². The molecule has 0 fully saturated rings. The first-order valence-electron chi connectivity index (χ1n) is 14.3. The number of carbonyl (C=O) groups excluding carboxylic acids is 3. The zero-order valence-corrected chi connectivity index (χ0v) is 25.6. The Morgan fingerprint density at radius 2 is 1.37 bits per heavy atom. The van der Waals surface area contributed by atoms with E-state index in [-0.39, 0.29) is 67.3 Å². The van der Waals surface area contributed by atoms with Gasteiger partial charge in [0.05, 0.1) is 19.1 Å². The Bertz CT molecular complexity index is 995. The van der Waals surface area contributed by atoms with E-state index in [2.05, 4.69) is 5.32 Å². The summed E-state index contributed by atoms with van der Waals surface area (Å²) in [6, 6.07) is 3.32. The van der Waals surface area contributed by atoms with Crippen molar-refractivity contribution in [2.75, 3.05) is 19.8 Å². The number of carboxylic acid groups (broad SMARTS) is 1. The molecule has 0 saturated heterocycles. The molecule has 5 atom stereocenters. The number of carboxylic acids is 1. The van der Waals surface area contributed by atoms with Gasteiger partial charge in [-0.1, -0.05) is 67.4 Å². The Kier molecular flexibility index (Phi) is 15.8. The van der Waals surface area contributed by atoms with Gasteiger partial charge < -0.3 is 34.1 Å². The maximum atomic E-state index is 12.4. The Morgan fingerprint density at radius 3 is 1.85 bits per heavy atom. The minimum Gasteiger partial charge on any atom is -0.480 e. The van der Waals surface area contributed by atoms with Crippen LogP contribution in [0.2, 0.25) is 0 Å². The van der Waals surface area contributed by atoms with Gasteiger partial charge in [-0.15, -0.1) is 0 Å². The molecule has 4 unspecified atom stereocenters. The molecule has 11 nitrogen and oxygen atoms in total. The van der Waals surface area contributed by atoms with E-state index < -0.39 is 30.4 Å². The number of nitrogens with one attached hydrogen (secondary N) is 1. The summed E-state index contributed by atoms with van der Waals surface area (Å²) >= 11 is 0. The first kappa shape index (κ1) is 35.7. The summed E-state index contributed by atoms with van der Waals surface area (Å²) < 4.78 is 26.3. The number of benzene rings is 1. The molecule has 41 heavy (non-hydrogen) atoms. The number of ether oxygens (including phenoxy) is 5. The lowest BCUT2D eigenvalue weighted by molar-refractivity contribution is -0.154. The van der Waals surface area contributed by atoms with Gasteiger partial charge in [0.15, 0.2) is 11.5 Å². The van der Waals surface area contributed by atoms with E-state index >= 15 is 0 Å². The fourth-order valence-electron chi connectivity index (χ4n) is 3.15. The second-order valence-electron chi connectivity index (χ2n) is 10.9. The third-order valence-electron chi connectivity index (χ3n) is 6.84. The van der Waals surface area contributed by atoms with Gasteiger partial charge in [0.2, 0.25) is 0 Å². The minimum absolute atomic E-state index is 0.00455. The van der Waals surface area contributed by atoms with E-state index in [1.165, 1.54) is 12.1 Å². The zero-order chi connectivity index (χ0) is 31.1. The van der Waals surface area contributed by atoms with E-state index in [1.54, 1.807) is 19.9 Å². The third-order valence-corrected chi connectivity index (χ3v) is 6.84. The monoisotopic (exact) mass is 581 g/mol. The van der Waals surface area contributed by atoms with Crippen molar-refractivity contribution < 1.29 is 48.0 Å². The van der Waals surface area contributed by atoms with Crippen LogP contribution in [-0.4, -0.2) is 61.3 Å². The molecular weight excluding hydrogens is 534 g/mol. The van der Waals surface area contributed by atoms with E-state index in [0.29, 0.717) is 5.56 Å². The van der Waals surface area contributed by atoms with Crippen LogP contribution in [0, 0.1) is 23.7 Å². The maximum Gasteiger partial charge on any atom is 0.513 e. The lowest BCUT2D eigenvalue weighted by Gasteiger charge is -2.21. The molecule has 0 radical (unpaired) electrons. The van der Waals surface area contributed by atoms with Crippen molar-refractivity contribution in [1.29, 1.82) is 0 Å². The largest absolute Gasteiger partial charge is 0.513 e. The van der Waals surface area contributed by atoms with E-state index in [9.17, 15) is 24.3 Å². The number of esters is 1. The average molecular weight is 582 g/mol. The van der Waals surface area contributed by atoms with Crippen molar-refractivity contribution in [2.24, 2.45) is 23.7 Å². The second-order valence-corrected chi connectivity index (χ2v) is 10.9. The summed E-state index contributed by atoms with van der Waals surface area (Å²) in [7, 11) is 0. The van der Waals surface area contributed by atoms with Crippen molar-refractivity contribution in [3.05, 3.63) is 23.8 Å². The van der Waals surface area contributed by atoms with Gasteiger partial charge in [-0.2, -0.15) is 0 Å². The smallest absolute Gasteiger partial charge is 0.480 e. The molecule has 0 spiro atoms. The third kappa shape index (κ3) is 13.7. The molecule has 1 aromatic rings. The highest BCUT2D eigenvalue weighted by molar-refractivity contribution is 5.74. The molecule has 0 amide bonds. The SMILES string of the molecule is CCC(C)COC(=O)Oc1ccc(C[C@H](NCC(C)OC(=O)C(C)C(C)C)C(=O)O)cc1OC(=O)OCC(C)CC. The van der Waals surface area contributed by atoms with Gasteiger partial charge in [-0.25, -0.2) is 9.59 Å². The highest BCUT2D eigenvalue weighted by atomic mass is 16.7. The van der Waals surface area contributed by atoms with Crippen molar-refractivity contribution in [2.45, 2.75) is 86.8 Å². The van der Waals surface area contributed by atoms with Gasteiger partial charge >= 0.3 is 24.2 Å². The number of aliphatic carboxylic acids is 1. The summed E-state index contributed by atoms with van der Waals surface area (Å²) in [6.45, 7) is 15.5. The predicted molar refractivity (Wildman–Crippen MR) is 152 cm³/mol. The van der Waals surface area contributed by atoms with Crippen LogP contribution in [0.25, 0.3) is 0 Å². The number of hydrogen-bond donors (Lipinski definition) is 2. The van der Waals surface area contributed by atoms with Crippen LogP contribution in [0.15, 0.2) is 18.2 Å². The van der Waals surface area contributed by atoms with E-state index in [4.69, 9.17) is 23.7 Å². The van der Waals surface area contributed by atoms with Crippen molar-refractivity contribution in [3.8, 4) is 11.5 Å². The Balaban J connectivity index is 3.02. The van der Waals surface area contributed by atoms with Gasteiger partial charge in [0.1, 0.15) is 12.1 Å². The van der Waals surface area contributed by atoms with Crippen molar-refractivity contribution in [3.63, 3.8) is 0 Å². The first-order chi connectivity index (χ1) is 19.3. The molecule has 0 bridgehead atoms. The highest BCUT2D eigenvalue weighted by Gasteiger charge is 2.24. The molecule has 11 heteroatoms. The highest BCUT2D eigenvalue weighted by Crippen LogP contribution is 2.30. The molecule has 1 aromatic carbocycles. The standard InChI is InChI=1S/C30H47NO10/c1-9-19(5)16-37-29(35)40-25-12-11-23(14-26(25)41-30(36)38-17-20(6)10-2)13-24(27(32)33)31-15-21(7)39-28(34)22(8)18(3)4/h11-12,14,18-22,24,31H,9-10,13,15-17H2,1-8H3,(H,32,33)/t19?,20?,21?,22?,24-/m0/s1. The number of carbonyl (C=O) groups is 4. The molecule has 0 aliphatic rings. The molecule has 0 aromatic heterocycles. The second kappa shape index (κ2) is 18.2. The average Bonchev–Trinajstić information content (AvgIpc) is 2.92. The molecule has 0 saturated carbocycles. The predicted octanol–water partition coefficient (Wildman–Crippen LogP) is 5.62. The van der Waals surface area contributed by atoms with E-state index in [0.717, 1.165) is 12.8 Å². The normalized spacial score (nSPS) is 14.8. The quantitative estimate of drug-likeness (QED) is 0.134. The van der Waals surface area contributed by atoms with Crippen LogP contribution in [-0.2, 0) is 30.2 Å².